The monoisotopic (exact) mass is 651 g/mol. The summed E-state index contributed by atoms with van der Waals surface area (Å²) in [5.41, 5.74) is 8.68. The van der Waals surface area contributed by atoms with Gasteiger partial charge in [0.1, 0.15) is 0 Å². The molecule has 0 radical (unpaired) electrons. The molecule has 11 heteroatoms. The number of primary amides is 1. The van der Waals surface area contributed by atoms with Crippen LogP contribution < -0.4 is 16.4 Å². The van der Waals surface area contributed by atoms with Crippen LogP contribution in [0.5, 0.6) is 0 Å². The van der Waals surface area contributed by atoms with E-state index in [9.17, 15) is 13.2 Å². The van der Waals surface area contributed by atoms with E-state index >= 15 is 0 Å². The van der Waals surface area contributed by atoms with E-state index in [-0.39, 0.29) is 18.6 Å². The number of aryl methyl sites for hydroxylation is 1. The Hall–Kier alpha value is -3.28. The molecule has 0 saturated heterocycles. The molecule has 4 N–H and O–H groups in total. The maximum atomic E-state index is 12.7. The van der Waals surface area contributed by atoms with Crippen LogP contribution in [0.15, 0.2) is 53.3 Å². The lowest BCUT2D eigenvalue weighted by molar-refractivity contribution is -0.137. The van der Waals surface area contributed by atoms with E-state index in [1.54, 1.807) is 19.3 Å². The van der Waals surface area contributed by atoms with Crippen molar-refractivity contribution in [3.8, 4) is 0 Å². The maximum absolute atomic E-state index is 12.7. The van der Waals surface area contributed by atoms with Crippen LogP contribution in [0, 0.1) is 0 Å². The van der Waals surface area contributed by atoms with Gasteiger partial charge in [-0.1, -0.05) is 26.0 Å². The number of hydrogen-bond acceptors (Lipinski definition) is 7. The van der Waals surface area contributed by atoms with Crippen LogP contribution in [-0.2, 0) is 26.9 Å². The Balaban J connectivity index is 0.000000738. The van der Waals surface area contributed by atoms with Crippen molar-refractivity contribution < 1.29 is 27.4 Å². The number of halogens is 3. The molecule has 2 unspecified atom stereocenters. The zero-order valence-electron chi connectivity index (χ0n) is 28.8. The highest BCUT2D eigenvalue weighted by molar-refractivity contribution is 5.67. The number of rotatable bonds is 14. The minimum atomic E-state index is -4.30. The van der Waals surface area contributed by atoms with Gasteiger partial charge in [-0.25, -0.2) is 0 Å². The number of carbonyl (C=O) groups is 1. The van der Waals surface area contributed by atoms with Crippen molar-refractivity contribution in [2.75, 3.05) is 39.9 Å². The van der Waals surface area contributed by atoms with Crippen LogP contribution in [0.2, 0.25) is 0 Å². The number of fused-ring (bicyclic) bond motifs is 1. The number of pyridine rings is 1. The fourth-order valence-corrected chi connectivity index (χ4v) is 4.48. The molecule has 46 heavy (non-hydrogen) atoms. The molecule has 2 aromatic rings. The zero-order valence-corrected chi connectivity index (χ0v) is 28.8. The largest absolute Gasteiger partial charge is 0.416 e. The first-order valence-electron chi connectivity index (χ1n) is 16.1. The Morgan fingerprint density at radius 1 is 1.22 bits per heavy atom. The fraction of sp³-hybridized carbons (Fsp3) is 0.571. The Morgan fingerprint density at radius 2 is 1.91 bits per heavy atom. The minimum Gasteiger partial charge on any atom is -0.385 e. The van der Waals surface area contributed by atoms with Gasteiger partial charge in [-0.2, -0.15) is 13.2 Å². The van der Waals surface area contributed by atoms with E-state index in [2.05, 4.69) is 39.3 Å². The SMILES string of the molecule is CC=NC.CCNC(=C(C)CC)c1cccc(C(F)(F)F)c1.CCOCCCNCC(CC)OC1CCc2cnccc21.NC=O. The Bertz CT molecular complexity index is 1140. The highest BCUT2D eigenvalue weighted by Gasteiger charge is 2.30. The molecule has 0 bridgehead atoms. The predicted molar refractivity (Wildman–Crippen MR) is 183 cm³/mol. The molecule has 0 aliphatic heterocycles. The number of hydrogen-bond donors (Lipinski definition) is 3. The van der Waals surface area contributed by atoms with Crippen LogP contribution in [0.4, 0.5) is 13.2 Å². The van der Waals surface area contributed by atoms with Gasteiger partial charge in [-0.05, 0) is 113 Å². The van der Waals surface area contributed by atoms with Gasteiger partial charge >= 0.3 is 6.18 Å². The van der Waals surface area contributed by atoms with Crippen molar-refractivity contribution >= 4 is 18.3 Å². The van der Waals surface area contributed by atoms with Gasteiger partial charge in [-0.3, -0.25) is 9.78 Å². The highest BCUT2D eigenvalue weighted by Crippen LogP contribution is 2.34. The van der Waals surface area contributed by atoms with Crippen molar-refractivity contribution in [1.29, 1.82) is 0 Å². The molecule has 8 nitrogen and oxygen atoms in total. The van der Waals surface area contributed by atoms with Crippen LogP contribution in [0.1, 0.15) is 95.6 Å². The summed E-state index contributed by atoms with van der Waals surface area (Å²) >= 11 is 0. The summed E-state index contributed by atoms with van der Waals surface area (Å²) in [4.78, 5) is 16.4. The van der Waals surface area contributed by atoms with Gasteiger partial charge in [-0.15, -0.1) is 0 Å². The first-order chi connectivity index (χ1) is 22.1. The number of nitrogens with two attached hydrogens (primary N) is 1. The zero-order chi connectivity index (χ0) is 34.8. The number of amides is 1. The lowest BCUT2D eigenvalue weighted by atomic mass is 10.0. The first kappa shape index (κ1) is 42.7. The summed E-state index contributed by atoms with van der Waals surface area (Å²) in [6, 6.07) is 7.53. The molecule has 3 rings (SSSR count). The Kier molecular flexibility index (Phi) is 24.0. The third kappa shape index (κ3) is 17.4. The quantitative estimate of drug-likeness (QED) is 0.114. The van der Waals surface area contributed by atoms with Gasteiger partial charge in [0.05, 0.1) is 17.8 Å². The Morgan fingerprint density at radius 3 is 2.48 bits per heavy atom. The third-order valence-corrected chi connectivity index (χ3v) is 7.04. The average molecular weight is 652 g/mol. The second-order valence-electron chi connectivity index (χ2n) is 10.3. The summed E-state index contributed by atoms with van der Waals surface area (Å²) in [5.74, 6) is 0. The number of aliphatic imine (C=N–C) groups is 1. The fourth-order valence-electron chi connectivity index (χ4n) is 4.48. The molecule has 1 aromatic heterocycles. The summed E-state index contributed by atoms with van der Waals surface area (Å²) in [5, 5.41) is 6.62. The van der Waals surface area contributed by atoms with E-state index < -0.39 is 11.7 Å². The van der Waals surface area contributed by atoms with E-state index in [4.69, 9.17) is 14.3 Å². The standard InChI is InChI=1S/C17H28N2O2.C14H18F3N.C3H7N.CH3NO/c1-3-15(13-18-9-5-11-20-4-2)21-17-7-6-14-12-19-10-8-16(14)17;1-4-10(3)13(18-5-2)11-7-6-8-12(9-11)14(15,16)17;1-3-4-2;2-1-3/h8,10,12,15,17-18H,3-7,9,11,13H2,1-2H3;6-9,18H,4-5H2,1-3H3;3H,1-2H3;1H,(H2,2,3). The van der Waals surface area contributed by atoms with Crippen LogP contribution in [0.25, 0.3) is 5.70 Å². The number of carbonyl (C=O) groups excluding carboxylic acids is 1. The summed E-state index contributed by atoms with van der Waals surface area (Å²) in [6.07, 6.45) is 7.15. The number of nitrogens with one attached hydrogen (secondary N) is 2. The predicted octanol–water partition coefficient (Wildman–Crippen LogP) is 7.14. The smallest absolute Gasteiger partial charge is 0.385 e. The molecule has 1 aromatic carbocycles. The Labute approximate surface area is 274 Å². The molecule has 260 valence electrons. The van der Waals surface area contributed by atoms with Gasteiger partial charge in [0.25, 0.3) is 0 Å². The molecule has 0 saturated carbocycles. The van der Waals surface area contributed by atoms with Gasteiger partial charge in [0, 0.05) is 51.4 Å². The van der Waals surface area contributed by atoms with E-state index in [0.29, 0.717) is 12.1 Å². The minimum absolute atomic E-state index is 0.248. The number of ether oxygens (including phenoxy) is 2. The number of aromatic nitrogens is 1. The molecule has 1 aliphatic carbocycles. The summed E-state index contributed by atoms with van der Waals surface area (Å²) < 4.78 is 49.6. The number of allylic oxidation sites excluding steroid dienone is 1. The number of benzene rings is 1. The van der Waals surface area contributed by atoms with Gasteiger partial charge < -0.3 is 30.8 Å². The second kappa shape index (κ2) is 25.9. The van der Waals surface area contributed by atoms with Crippen LogP contribution in [-0.4, -0.2) is 63.6 Å². The summed E-state index contributed by atoms with van der Waals surface area (Å²) in [7, 11) is 1.75. The lowest BCUT2D eigenvalue weighted by Gasteiger charge is -2.22. The number of alkyl halides is 3. The van der Waals surface area contributed by atoms with Crippen molar-refractivity contribution in [2.45, 2.75) is 92.0 Å². The van der Waals surface area contributed by atoms with E-state index in [1.165, 1.54) is 23.3 Å². The van der Waals surface area contributed by atoms with Gasteiger partial charge in [0.15, 0.2) is 0 Å². The highest BCUT2D eigenvalue weighted by atomic mass is 19.4. The first-order valence-corrected chi connectivity index (χ1v) is 16.1. The summed E-state index contributed by atoms with van der Waals surface area (Å²) in [6.45, 7) is 16.2. The normalized spacial score (nSPS) is 14.8. The van der Waals surface area contributed by atoms with E-state index in [0.717, 1.165) is 75.7 Å². The molecule has 1 amide bonds. The van der Waals surface area contributed by atoms with Gasteiger partial charge in [0.2, 0.25) is 6.41 Å². The average Bonchev–Trinajstić information content (AvgIpc) is 3.47. The second-order valence-corrected chi connectivity index (χ2v) is 10.3. The topological polar surface area (TPSA) is 111 Å². The molecular formula is C35H56F3N5O3. The third-order valence-electron chi connectivity index (χ3n) is 7.04. The van der Waals surface area contributed by atoms with Crippen molar-refractivity contribution in [3.05, 3.63) is 70.6 Å². The molecule has 1 aliphatic rings. The van der Waals surface area contributed by atoms with Crippen LogP contribution >= 0.6 is 0 Å². The molecule has 0 fully saturated rings. The van der Waals surface area contributed by atoms with Crippen molar-refractivity contribution in [2.24, 2.45) is 10.7 Å². The van der Waals surface area contributed by atoms with Crippen molar-refractivity contribution in [1.82, 2.24) is 15.6 Å². The lowest BCUT2D eigenvalue weighted by Crippen LogP contribution is -2.30. The number of nitrogens with zero attached hydrogens (tertiary/aromatic N) is 2. The molecule has 1 heterocycles. The molecule has 0 spiro atoms. The van der Waals surface area contributed by atoms with Crippen molar-refractivity contribution in [3.63, 3.8) is 0 Å². The van der Waals surface area contributed by atoms with E-state index in [1.807, 2.05) is 47.0 Å². The molecular weight excluding hydrogens is 595 g/mol. The maximum Gasteiger partial charge on any atom is 0.416 e. The van der Waals surface area contributed by atoms with Crippen LogP contribution in [0.3, 0.4) is 0 Å². The molecule has 2 atom stereocenters.